The van der Waals surface area contributed by atoms with Crippen molar-refractivity contribution in [2.45, 2.75) is 65.8 Å². The molecule has 0 atom stereocenters. The van der Waals surface area contributed by atoms with Gasteiger partial charge < -0.3 is 29.5 Å². The molecule has 3 aromatic carbocycles. The van der Waals surface area contributed by atoms with Gasteiger partial charge in [-0.3, -0.25) is 0 Å². The highest BCUT2D eigenvalue weighted by molar-refractivity contribution is 9.10. The summed E-state index contributed by atoms with van der Waals surface area (Å²) >= 11 is 7.00. The molecule has 4 rings (SSSR count). The van der Waals surface area contributed by atoms with E-state index in [1.807, 2.05) is 12.1 Å². The Morgan fingerprint density at radius 2 is 0.778 bits per heavy atom. The summed E-state index contributed by atoms with van der Waals surface area (Å²) in [6.45, 7) is 7.25. The third kappa shape index (κ3) is 6.23. The molecule has 1 heterocycles. The normalized spacial score (nSPS) is 15.2. The van der Waals surface area contributed by atoms with E-state index in [0.29, 0.717) is 33.4 Å². The lowest BCUT2D eigenvalue weighted by Crippen LogP contribution is -2.13. The molecule has 0 radical (unpaired) electrons. The zero-order valence-corrected chi connectivity index (χ0v) is 23.7. The number of hydrogen-bond acceptors (Lipinski definition) is 6. The Bertz CT molecular complexity index is 1180. The van der Waals surface area contributed by atoms with E-state index in [9.17, 15) is 15.3 Å². The smallest absolute Gasteiger partial charge is 0.126 e. The standard InChI is InChI=1S/C28H30Br2O6/c1-28(2,3)22-4-16-10-34-12-18-6-23(29)8-20(26(18)32)14-36-15-21-9-24(30)7-19(27(21)33)13-35-11-17(5-22)25(16)31/h4-9,31-33H,10-15H2,1-3H3. The lowest BCUT2D eigenvalue weighted by molar-refractivity contribution is 0.0929. The Labute approximate surface area is 228 Å². The zero-order valence-electron chi connectivity index (χ0n) is 20.5. The summed E-state index contributed by atoms with van der Waals surface area (Å²) in [6, 6.07) is 11.1. The fourth-order valence-corrected chi connectivity index (χ4v) is 5.21. The number of aromatic hydroxyl groups is 3. The Morgan fingerprint density at radius 1 is 0.528 bits per heavy atom. The third-order valence-electron chi connectivity index (χ3n) is 6.14. The van der Waals surface area contributed by atoms with Gasteiger partial charge >= 0.3 is 0 Å². The lowest BCUT2D eigenvalue weighted by atomic mass is 9.85. The first-order valence-corrected chi connectivity index (χ1v) is 13.2. The number of fused-ring (bicyclic) bond motifs is 6. The lowest BCUT2D eigenvalue weighted by Gasteiger charge is -2.23. The van der Waals surface area contributed by atoms with Crippen LogP contribution in [-0.4, -0.2) is 15.3 Å². The van der Waals surface area contributed by atoms with Gasteiger partial charge in [0.15, 0.2) is 0 Å². The minimum Gasteiger partial charge on any atom is -0.507 e. The van der Waals surface area contributed by atoms with Crippen LogP contribution in [0, 0.1) is 0 Å². The van der Waals surface area contributed by atoms with Crippen molar-refractivity contribution in [1.82, 2.24) is 0 Å². The first-order chi connectivity index (χ1) is 17.0. The maximum atomic E-state index is 11.0. The molecule has 1 aliphatic heterocycles. The van der Waals surface area contributed by atoms with Gasteiger partial charge in [0, 0.05) is 42.3 Å². The van der Waals surface area contributed by atoms with Gasteiger partial charge in [0.05, 0.1) is 39.6 Å². The number of hydrogen-bond donors (Lipinski definition) is 3. The highest BCUT2D eigenvalue weighted by Gasteiger charge is 2.20. The molecule has 0 unspecified atom stereocenters. The van der Waals surface area contributed by atoms with E-state index in [1.165, 1.54) is 0 Å². The monoisotopic (exact) mass is 620 g/mol. The van der Waals surface area contributed by atoms with Crippen LogP contribution in [0.5, 0.6) is 17.2 Å². The van der Waals surface area contributed by atoms with Gasteiger partial charge in [0.1, 0.15) is 17.2 Å². The van der Waals surface area contributed by atoms with Crippen LogP contribution in [0.15, 0.2) is 45.3 Å². The molecule has 36 heavy (non-hydrogen) atoms. The van der Waals surface area contributed by atoms with E-state index in [0.717, 1.165) is 14.5 Å². The average Bonchev–Trinajstić information content (AvgIpc) is 2.80. The summed E-state index contributed by atoms with van der Waals surface area (Å²) in [5, 5.41) is 32.7. The second-order valence-electron chi connectivity index (χ2n) is 10.0. The first kappa shape index (κ1) is 26.9. The van der Waals surface area contributed by atoms with Crippen LogP contribution in [0.3, 0.4) is 0 Å². The van der Waals surface area contributed by atoms with Crippen molar-refractivity contribution in [2.24, 2.45) is 0 Å². The second-order valence-corrected chi connectivity index (χ2v) is 11.8. The summed E-state index contributed by atoms with van der Waals surface area (Å²) in [6.07, 6.45) is 0. The second kappa shape index (κ2) is 11.1. The minimum atomic E-state index is -0.150. The van der Waals surface area contributed by atoms with Crippen LogP contribution in [0.2, 0.25) is 0 Å². The summed E-state index contributed by atoms with van der Waals surface area (Å²) in [7, 11) is 0. The van der Waals surface area contributed by atoms with Gasteiger partial charge in [0.2, 0.25) is 0 Å². The molecule has 8 heteroatoms. The van der Waals surface area contributed by atoms with Crippen molar-refractivity contribution in [1.29, 1.82) is 0 Å². The SMILES string of the molecule is CC(C)(C)c1cc2c(O)c(c1)COCc1cc(Br)cc(c1O)COCc1cc(Br)cc(c1O)COC2. The third-order valence-corrected chi connectivity index (χ3v) is 7.06. The van der Waals surface area contributed by atoms with Gasteiger partial charge in [-0.05, 0) is 47.4 Å². The van der Waals surface area contributed by atoms with E-state index in [-0.39, 0.29) is 62.3 Å². The van der Waals surface area contributed by atoms with E-state index in [4.69, 9.17) is 14.2 Å². The van der Waals surface area contributed by atoms with E-state index >= 15 is 0 Å². The summed E-state index contributed by atoms with van der Waals surface area (Å²) in [4.78, 5) is 0. The number of phenols is 3. The van der Waals surface area contributed by atoms with Crippen LogP contribution < -0.4 is 0 Å². The van der Waals surface area contributed by atoms with Crippen LogP contribution in [0.25, 0.3) is 0 Å². The fraction of sp³-hybridized carbons (Fsp3) is 0.357. The summed E-state index contributed by atoms with van der Waals surface area (Å²) < 4.78 is 19.3. The van der Waals surface area contributed by atoms with E-state index in [2.05, 4.69) is 52.6 Å². The van der Waals surface area contributed by atoms with Crippen LogP contribution in [0.4, 0.5) is 0 Å². The summed E-state index contributed by atoms with van der Waals surface area (Å²) in [5.41, 5.74) is 4.59. The molecule has 6 nitrogen and oxygen atoms in total. The number of phenolic OH excluding ortho intramolecular Hbond substituents is 3. The molecule has 3 aromatic rings. The Kier molecular flexibility index (Phi) is 8.32. The van der Waals surface area contributed by atoms with Crippen molar-refractivity contribution in [3.63, 3.8) is 0 Å². The number of rotatable bonds is 0. The number of halogens is 2. The quantitative estimate of drug-likeness (QED) is 0.248. The molecule has 0 spiro atoms. The molecule has 1 aliphatic rings. The molecule has 3 N–H and O–H groups in total. The molecule has 0 saturated heterocycles. The van der Waals surface area contributed by atoms with Gasteiger partial charge in [0.25, 0.3) is 0 Å². The summed E-state index contributed by atoms with van der Waals surface area (Å²) in [5.74, 6) is 0.316. The fourth-order valence-electron chi connectivity index (χ4n) is 4.10. The maximum Gasteiger partial charge on any atom is 0.126 e. The van der Waals surface area contributed by atoms with Gasteiger partial charge in [-0.1, -0.05) is 52.6 Å². The van der Waals surface area contributed by atoms with Crippen molar-refractivity contribution in [3.05, 3.63) is 84.3 Å². The molecule has 0 saturated carbocycles. The largest absolute Gasteiger partial charge is 0.507 e. The zero-order chi connectivity index (χ0) is 26.0. The molecule has 0 amide bonds. The minimum absolute atomic E-state index is 0.0974. The van der Waals surface area contributed by atoms with Crippen molar-refractivity contribution in [3.8, 4) is 17.2 Å². The van der Waals surface area contributed by atoms with Gasteiger partial charge in [-0.15, -0.1) is 0 Å². The molecule has 192 valence electrons. The number of benzene rings is 3. The van der Waals surface area contributed by atoms with E-state index < -0.39 is 0 Å². The topological polar surface area (TPSA) is 88.4 Å². The molecule has 0 aromatic heterocycles. The highest BCUT2D eigenvalue weighted by atomic mass is 79.9. The van der Waals surface area contributed by atoms with E-state index in [1.54, 1.807) is 24.3 Å². The Morgan fingerprint density at radius 3 is 1.03 bits per heavy atom. The molecule has 0 fully saturated rings. The molecule has 6 bridgehead atoms. The number of ether oxygens (including phenoxy) is 3. The molecule has 0 aliphatic carbocycles. The Hall–Kier alpha value is -2.10. The highest BCUT2D eigenvalue weighted by Crippen LogP contribution is 2.35. The van der Waals surface area contributed by atoms with Crippen LogP contribution in [-0.2, 0) is 59.3 Å². The predicted molar refractivity (Wildman–Crippen MR) is 144 cm³/mol. The Balaban J connectivity index is 1.75. The van der Waals surface area contributed by atoms with Crippen molar-refractivity contribution < 1.29 is 29.5 Å². The van der Waals surface area contributed by atoms with Gasteiger partial charge in [-0.25, -0.2) is 0 Å². The molecular weight excluding hydrogens is 592 g/mol. The first-order valence-electron chi connectivity index (χ1n) is 11.6. The maximum absolute atomic E-state index is 11.0. The average molecular weight is 622 g/mol. The predicted octanol–water partition coefficient (Wildman–Crippen LogP) is 7.09. The molecular formula is C28H30Br2O6. The van der Waals surface area contributed by atoms with Crippen molar-refractivity contribution >= 4 is 31.9 Å². The van der Waals surface area contributed by atoms with Crippen LogP contribution >= 0.6 is 31.9 Å². The van der Waals surface area contributed by atoms with Crippen molar-refractivity contribution in [2.75, 3.05) is 0 Å². The van der Waals surface area contributed by atoms with Gasteiger partial charge in [-0.2, -0.15) is 0 Å². The van der Waals surface area contributed by atoms with Crippen LogP contribution in [0.1, 0.15) is 59.7 Å².